The largest absolute Gasteiger partial charge is 0.339 e. The zero-order valence-corrected chi connectivity index (χ0v) is 9.36. The van der Waals surface area contributed by atoms with Crippen molar-refractivity contribution >= 4 is 17.7 Å². The minimum atomic E-state index is -0.721. The third-order valence-corrected chi connectivity index (χ3v) is 3.22. The summed E-state index contributed by atoms with van der Waals surface area (Å²) in [6, 6.07) is 0. The lowest BCUT2D eigenvalue weighted by atomic mass is 10.1. The highest BCUT2D eigenvalue weighted by atomic mass is 32.2. The molecule has 1 aliphatic heterocycles. The van der Waals surface area contributed by atoms with Crippen molar-refractivity contribution in [3.05, 3.63) is 0 Å². The highest BCUT2D eigenvalue weighted by molar-refractivity contribution is 7.99. The molecule has 76 valence electrons. The molecule has 13 heavy (non-hydrogen) atoms. The number of carbonyl (C=O) groups is 1. The fourth-order valence-electron chi connectivity index (χ4n) is 1.41. The average molecular weight is 202 g/mol. The lowest BCUT2D eigenvalue weighted by Gasteiger charge is -2.34. The second-order valence-electron chi connectivity index (χ2n) is 4.15. The van der Waals surface area contributed by atoms with Gasteiger partial charge in [-0.05, 0) is 13.8 Å². The second kappa shape index (κ2) is 3.88. The highest BCUT2D eigenvalue weighted by Gasteiger charge is 2.30. The fraction of sp³-hybridized carbons (Fsp3) is 0.889. The summed E-state index contributed by atoms with van der Waals surface area (Å²) in [7, 11) is 0. The van der Waals surface area contributed by atoms with Gasteiger partial charge in [0.2, 0.25) is 5.91 Å². The molecule has 0 bridgehead atoms. The number of thioether (sulfide) groups is 1. The van der Waals surface area contributed by atoms with Gasteiger partial charge in [-0.15, -0.1) is 0 Å². The third kappa shape index (κ3) is 2.88. The summed E-state index contributed by atoms with van der Waals surface area (Å²) in [6.07, 6.45) is 0. The van der Waals surface area contributed by atoms with Crippen molar-refractivity contribution in [1.29, 1.82) is 0 Å². The van der Waals surface area contributed by atoms with Crippen molar-refractivity contribution in [2.75, 3.05) is 18.8 Å². The first-order valence-electron chi connectivity index (χ1n) is 4.61. The van der Waals surface area contributed by atoms with Crippen molar-refractivity contribution in [3.8, 4) is 0 Å². The molecule has 1 fully saturated rings. The van der Waals surface area contributed by atoms with E-state index in [1.807, 2.05) is 16.7 Å². The van der Waals surface area contributed by atoms with E-state index in [-0.39, 0.29) is 5.91 Å². The van der Waals surface area contributed by atoms with Crippen LogP contribution >= 0.6 is 11.8 Å². The normalized spacial score (nSPS) is 24.6. The predicted octanol–water partition coefficient (Wildman–Crippen LogP) is 0.688. The second-order valence-corrected chi connectivity index (χ2v) is 5.70. The molecule has 1 saturated heterocycles. The minimum Gasteiger partial charge on any atom is -0.339 e. The first kappa shape index (κ1) is 10.9. The Morgan fingerprint density at radius 3 is 2.69 bits per heavy atom. The molecule has 0 saturated carbocycles. The first-order chi connectivity index (χ1) is 5.91. The minimum absolute atomic E-state index is 0.0691. The Balaban J connectivity index is 2.56. The fourth-order valence-corrected chi connectivity index (χ4v) is 2.42. The summed E-state index contributed by atoms with van der Waals surface area (Å²) in [4.78, 5) is 13.6. The first-order valence-corrected chi connectivity index (χ1v) is 5.66. The number of hydrogen-bond acceptors (Lipinski definition) is 3. The summed E-state index contributed by atoms with van der Waals surface area (Å²) in [5.74, 6) is 1.10. The summed E-state index contributed by atoms with van der Waals surface area (Å²) in [5.41, 5.74) is 5.04. The van der Waals surface area contributed by atoms with E-state index in [0.717, 1.165) is 18.8 Å². The van der Waals surface area contributed by atoms with Crippen LogP contribution in [-0.2, 0) is 4.79 Å². The van der Waals surface area contributed by atoms with E-state index in [4.69, 9.17) is 5.73 Å². The molecule has 1 rings (SSSR count). The highest BCUT2D eigenvalue weighted by Crippen LogP contribution is 2.19. The number of carbonyl (C=O) groups excluding carboxylic acids is 1. The standard InChI is InChI=1S/C9H18N2OS/c1-7-6-11(4-5-13-7)8(12)9(2,3)10/h7H,4-6,10H2,1-3H3. The number of nitrogens with two attached hydrogens (primary N) is 1. The maximum Gasteiger partial charge on any atom is 0.242 e. The van der Waals surface area contributed by atoms with Crippen LogP contribution in [0.3, 0.4) is 0 Å². The van der Waals surface area contributed by atoms with Crippen LogP contribution in [0.5, 0.6) is 0 Å². The Hall–Kier alpha value is -0.220. The van der Waals surface area contributed by atoms with Crippen molar-refractivity contribution in [2.45, 2.75) is 31.6 Å². The van der Waals surface area contributed by atoms with Gasteiger partial charge in [0.1, 0.15) is 0 Å². The van der Waals surface area contributed by atoms with Crippen LogP contribution in [0.15, 0.2) is 0 Å². The Kier molecular flexibility index (Phi) is 3.24. The van der Waals surface area contributed by atoms with E-state index in [1.165, 1.54) is 0 Å². The quantitative estimate of drug-likeness (QED) is 0.680. The average Bonchev–Trinajstić information content (AvgIpc) is 2.01. The number of amides is 1. The van der Waals surface area contributed by atoms with Gasteiger partial charge in [0.15, 0.2) is 0 Å². The molecule has 3 nitrogen and oxygen atoms in total. The van der Waals surface area contributed by atoms with Crippen molar-refractivity contribution in [3.63, 3.8) is 0 Å². The van der Waals surface area contributed by atoms with Crippen LogP contribution < -0.4 is 5.73 Å². The molecule has 4 heteroatoms. The molecule has 0 aromatic heterocycles. The summed E-state index contributed by atoms with van der Waals surface area (Å²) < 4.78 is 0. The molecule has 0 aromatic carbocycles. The molecular weight excluding hydrogens is 184 g/mol. The van der Waals surface area contributed by atoms with Crippen LogP contribution in [0.4, 0.5) is 0 Å². The van der Waals surface area contributed by atoms with E-state index in [2.05, 4.69) is 6.92 Å². The van der Waals surface area contributed by atoms with Gasteiger partial charge in [0.25, 0.3) is 0 Å². The van der Waals surface area contributed by atoms with Crippen molar-refractivity contribution in [2.24, 2.45) is 5.73 Å². The third-order valence-electron chi connectivity index (χ3n) is 2.08. The van der Waals surface area contributed by atoms with Crippen LogP contribution in [0, 0.1) is 0 Å². The lowest BCUT2D eigenvalue weighted by molar-refractivity contribution is -0.135. The number of rotatable bonds is 1. The van der Waals surface area contributed by atoms with E-state index in [1.54, 1.807) is 13.8 Å². The molecule has 1 unspecified atom stereocenters. The van der Waals surface area contributed by atoms with Crippen molar-refractivity contribution in [1.82, 2.24) is 4.90 Å². The van der Waals surface area contributed by atoms with E-state index >= 15 is 0 Å². The summed E-state index contributed by atoms with van der Waals surface area (Å²) in [5, 5.41) is 0.542. The Morgan fingerprint density at radius 2 is 2.23 bits per heavy atom. The maximum atomic E-state index is 11.8. The van der Waals surface area contributed by atoms with Gasteiger partial charge in [0, 0.05) is 24.1 Å². The molecule has 1 heterocycles. The SMILES string of the molecule is CC1CN(C(=O)C(C)(C)N)CCS1. The molecule has 0 radical (unpaired) electrons. The smallest absolute Gasteiger partial charge is 0.242 e. The molecule has 2 N–H and O–H groups in total. The van der Waals surface area contributed by atoms with Crippen LogP contribution in [0.25, 0.3) is 0 Å². The van der Waals surface area contributed by atoms with Gasteiger partial charge < -0.3 is 10.6 Å². The molecule has 1 atom stereocenters. The van der Waals surface area contributed by atoms with Gasteiger partial charge in [-0.1, -0.05) is 6.92 Å². The maximum absolute atomic E-state index is 11.8. The van der Waals surface area contributed by atoms with Crippen LogP contribution in [-0.4, -0.2) is 40.4 Å². The van der Waals surface area contributed by atoms with Crippen molar-refractivity contribution < 1.29 is 4.79 Å². The molecule has 0 spiro atoms. The van der Waals surface area contributed by atoms with Gasteiger partial charge in [-0.25, -0.2) is 0 Å². The molecule has 1 aliphatic rings. The zero-order chi connectivity index (χ0) is 10.1. The van der Waals surface area contributed by atoms with Crippen LogP contribution in [0.2, 0.25) is 0 Å². The number of hydrogen-bond donors (Lipinski definition) is 1. The lowest BCUT2D eigenvalue weighted by Crippen LogP contribution is -2.54. The Bertz CT molecular complexity index is 200. The molecule has 0 aromatic rings. The molecular formula is C9H18N2OS. The number of nitrogens with zero attached hydrogens (tertiary/aromatic N) is 1. The van der Waals surface area contributed by atoms with Gasteiger partial charge in [-0.2, -0.15) is 11.8 Å². The van der Waals surface area contributed by atoms with Gasteiger partial charge in [0.05, 0.1) is 5.54 Å². The summed E-state index contributed by atoms with van der Waals surface area (Å²) >= 11 is 1.92. The Labute approximate surface area is 84.0 Å². The van der Waals surface area contributed by atoms with Crippen LogP contribution in [0.1, 0.15) is 20.8 Å². The van der Waals surface area contributed by atoms with Gasteiger partial charge >= 0.3 is 0 Å². The van der Waals surface area contributed by atoms with E-state index < -0.39 is 5.54 Å². The zero-order valence-electron chi connectivity index (χ0n) is 8.54. The van der Waals surface area contributed by atoms with E-state index in [9.17, 15) is 4.79 Å². The summed E-state index contributed by atoms with van der Waals surface area (Å²) in [6.45, 7) is 7.36. The molecule has 1 amide bonds. The Morgan fingerprint density at radius 1 is 1.62 bits per heavy atom. The van der Waals surface area contributed by atoms with E-state index in [0.29, 0.717) is 5.25 Å². The van der Waals surface area contributed by atoms with Gasteiger partial charge in [-0.3, -0.25) is 4.79 Å². The predicted molar refractivity (Wildman–Crippen MR) is 56.8 cm³/mol. The topological polar surface area (TPSA) is 46.3 Å². The molecule has 0 aliphatic carbocycles. The monoisotopic (exact) mass is 202 g/mol.